The van der Waals surface area contributed by atoms with Gasteiger partial charge in [-0.1, -0.05) is 42.5 Å². The molecule has 10 nitrogen and oxygen atoms in total. The number of ether oxygens (including phenoxy) is 1. The molecule has 5 rings (SSSR count). The fourth-order valence-corrected chi connectivity index (χ4v) is 4.49. The van der Waals surface area contributed by atoms with Crippen LogP contribution in [0, 0.1) is 5.92 Å². The topological polar surface area (TPSA) is 153 Å². The Morgan fingerprint density at radius 3 is 2.78 bits per heavy atom. The maximum Gasteiger partial charge on any atom is 0.333 e. The summed E-state index contributed by atoms with van der Waals surface area (Å²) >= 11 is 0. The third kappa shape index (κ3) is 4.15. The predicted molar refractivity (Wildman–Crippen MR) is 117 cm³/mol. The smallest absolute Gasteiger partial charge is 0.333 e. The van der Waals surface area contributed by atoms with E-state index in [0.29, 0.717) is 35.7 Å². The molecule has 11 heteroatoms. The summed E-state index contributed by atoms with van der Waals surface area (Å²) in [5.41, 5.74) is 1.95. The predicted octanol–water partition coefficient (Wildman–Crippen LogP) is 1.91. The molecule has 0 amide bonds. The highest BCUT2D eigenvalue weighted by Crippen LogP contribution is 2.33. The fraction of sp³-hybridized carbons (Fsp3) is 0.286. The number of aliphatic hydroxyl groups excluding tert-OH is 1. The van der Waals surface area contributed by atoms with Crippen molar-refractivity contribution in [2.45, 2.75) is 25.0 Å². The molecule has 0 aliphatic heterocycles. The highest BCUT2D eigenvalue weighted by molar-refractivity contribution is 7.84. The number of aromatic amines is 1. The molecule has 1 aliphatic carbocycles. The number of imidazole rings is 1. The van der Waals surface area contributed by atoms with E-state index in [1.54, 1.807) is 0 Å². The Bertz CT molecular complexity index is 1380. The van der Waals surface area contributed by atoms with Crippen molar-refractivity contribution in [3.8, 4) is 17.3 Å². The molecule has 4 N–H and O–H groups in total. The van der Waals surface area contributed by atoms with E-state index in [9.17, 15) is 13.5 Å². The first-order valence-corrected chi connectivity index (χ1v) is 11.6. The second kappa shape index (κ2) is 8.10. The number of benzene rings is 2. The van der Waals surface area contributed by atoms with Crippen molar-refractivity contribution in [3.05, 3.63) is 48.8 Å². The summed E-state index contributed by atoms with van der Waals surface area (Å²) in [7, 11) is -4.07. The van der Waals surface area contributed by atoms with Crippen LogP contribution in [0.5, 0.6) is 5.88 Å². The number of nitrogens with one attached hydrogen (secondary N) is 1. The molecule has 3 atom stereocenters. The molecule has 1 saturated carbocycles. The molecular weight excluding hydrogens is 434 g/mol. The summed E-state index contributed by atoms with van der Waals surface area (Å²) in [5.74, 6) is 0.525. The fourth-order valence-electron chi connectivity index (χ4n) is 4.12. The highest BCUT2D eigenvalue weighted by Gasteiger charge is 2.36. The van der Waals surface area contributed by atoms with Gasteiger partial charge < -0.3 is 14.8 Å². The molecule has 0 bridgehead atoms. The van der Waals surface area contributed by atoms with Crippen molar-refractivity contribution in [1.29, 1.82) is 0 Å². The first-order valence-electron chi connectivity index (χ1n) is 10.1. The minimum Gasteiger partial charge on any atom is -0.473 e. The van der Waals surface area contributed by atoms with Gasteiger partial charge in [0.05, 0.1) is 12.7 Å². The van der Waals surface area contributed by atoms with E-state index in [4.69, 9.17) is 14.9 Å². The van der Waals surface area contributed by atoms with Gasteiger partial charge in [-0.3, -0.25) is 4.18 Å². The van der Waals surface area contributed by atoms with Gasteiger partial charge in [-0.05, 0) is 17.2 Å². The number of rotatable bonds is 6. The molecule has 4 aromatic rings. The lowest BCUT2D eigenvalue weighted by atomic mass is 10.0. The third-order valence-electron chi connectivity index (χ3n) is 5.63. The van der Waals surface area contributed by atoms with Crippen LogP contribution < -0.4 is 9.88 Å². The average molecular weight is 455 g/mol. The number of H-pyrrole nitrogens is 1. The van der Waals surface area contributed by atoms with Crippen molar-refractivity contribution >= 4 is 32.2 Å². The normalized spacial score (nSPS) is 21.4. The molecule has 32 heavy (non-hydrogen) atoms. The SMILES string of the molecule is NS(=O)(=O)OC[C@@H]1C[C@@H](Oc2ncnc3[nH]c(-c4cccc5ccccc45)nc23)C[C@@H]1O. The average Bonchev–Trinajstić information content (AvgIpc) is 3.35. The Labute approximate surface area is 183 Å². The Morgan fingerprint density at radius 2 is 1.94 bits per heavy atom. The van der Waals surface area contributed by atoms with Crippen LogP contribution in [0.1, 0.15) is 12.8 Å². The van der Waals surface area contributed by atoms with E-state index in [0.717, 1.165) is 16.3 Å². The number of aromatic nitrogens is 4. The number of aliphatic hydroxyl groups is 1. The Kier molecular flexibility index (Phi) is 5.25. The van der Waals surface area contributed by atoms with Gasteiger partial charge in [0.1, 0.15) is 18.3 Å². The summed E-state index contributed by atoms with van der Waals surface area (Å²) in [6.07, 6.45) is 0.933. The number of fused-ring (bicyclic) bond motifs is 2. The van der Waals surface area contributed by atoms with Crippen LogP contribution in [0.25, 0.3) is 33.3 Å². The molecule has 1 fully saturated rings. The van der Waals surface area contributed by atoms with Gasteiger partial charge >= 0.3 is 10.3 Å². The van der Waals surface area contributed by atoms with Crippen LogP contribution in [0.15, 0.2) is 48.8 Å². The summed E-state index contributed by atoms with van der Waals surface area (Å²) in [4.78, 5) is 16.4. The van der Waals surface area contributed by atoms with E-state index in [-0.39, 0.29) is 12.7 Å². The van der Waals surface area contributed by atoms with Crippen LogP contribution in [0.3, 0.4) is 0 Å². The monoisotopic (exact) mass is 455 g/mol. The van der Waals surface area contributed by atoms with Crippen LogP contribution in [-0.4, -0.2) is 52.3 Å². The van der Waals surface area contributed by atoms with Gasteiger partial charge in [-0.2, -0.15) is 13.4 Å². The van der Waals surface area contributed by atoms with Crippen molar-refractivity contribution in [2.75, 3.05) is 6.61 Å². The van der Waals surface area contributed by atoms with Gasteiger partial charge in [0.15, 0.2) is 11.2 Å². The van der Waals surface area contributed by atoms with Gasteiger partial charge in [0.2, 0.25) is 5.88 Å². The number of nitrogens with zero attached hydrogens (tertiary/aromatic N) is 3. The summed E-state index contributed by atoms with van der Waals surface area (Å²) in [5, 5.41) is 17.3. The van der Waals surface area contributed by atoms with Crippen molar-refractivity contribution in [2.24, 2.45) is 11.1 Å². The second-order valence-electron chi connectivity index (χ2n) is 7.80. The number of hydrogen-bond donors (Lipinski definition) is 3. The maximum atomic E-state index is 11.0. The largest absolute Gasteiger partial charge is 0.473 e. The van der Waals surface area contributed by atoms with E-state index < -0.39 is 22.3 Å². The zero-order valence-corrected chi connectivity index (χ0v) is 17.7. The molecule has 0 spiro atoms. The number of nitrogens with two attached hydrogens (primary N) is 1. The highest BCUT2D eigenvalue weighted by atomic mass is 32.2. The van der Waals surface area contributed by atoms with Crippen LogP contribution in [-0.2, 0) is 14.5 Å². The molecule has 166 valence electrons. The zero-order valence-electron chi connectivity index (χ0n) is 16.9. The molecule has 1 aliphatic rings. The Hall–Kier alpha value is -3.12. The van der Waals surface area contributed by atoms with E-state index in [1.807, 2.05) is 42.5 Å². The van der Waals surface area contributed by atoms with Gasteiger partial charge in [0, 0.05) is 17.9 Å². The number of hydrogen-bond acceptors (Lipinski definition) is 8. The van der Waals surface area contributed by atoms with Gasteiger partial charge in [-0.15, -0.1) is 0 Å². The van der Waals surface area contributed by atoms with Gasteiger partial charge in [0.25, 0.3) is 0 Å². The lowest BCUT2D eigenvalue weighted by Gasteiger charge is -2.13. The quantitative estimate of drug-likeness (QED) is 0.398. The minimum atomic E-state index is -4.07. The standard InChI is InChI=1S/C21H21N5O5S/c22-32(28,29)30-10-13-8-14(9-17(13)27)31-21-18-20(23-11-24-21)26-19(25-18)16-7-3-5-12-4-1-2-6-15(12)16/h1-7,11,13-14,17,27H,8-10H2,(H2,22,28,29)(H,23,24,25,26)/t13-,14+,17-/m0/s1. The first kappa shape index (κ1) is 20.8. The minimum absolute atomic E-state index is 0.202. The second-order valence-corrected chi connectivity index (χ2v) is 9.03. The van der Waals surface area contributed by atoms with Crippen LogP contribution >= 0.6 is 0 Å². The molecule has 0 radical (unpaired) electrons. The van der Waals surface area contributed by atoms with Crippen molar-refractivity contribution in [1.82, 2.24) is 19.9 Å². The summed E-state index contributed by atoms with van der Waals surface area (Å²) in [6.45, 7) is -0.202. The van der Waals surface area contributed by atoms with Crippen molar-refractivity contribution < 1.29 is 22.4 Å². The molecule has 2 heterocycles. The maximum absolute atomic E-state index is 11.0. The zero-order chi connectivity index (χ0) is 22.3. The Balaban J connectivity index is 1.41. The van der Waals surface area contributed by atoms with E-state index >= 15 is 0 Å². The van der Waals surface area contributed by atoms with Crippen LogP contribution in [0.4, 0.5) is 0 Å². The third-order valence-corrected chi connectivity index (χ3v) is 6.10. The summed E-state index contributed by atoms with van der Waals surface area (Å²) < 4.78 is 32.7. The first-order chi connectivity index (χ1) is 15.4. The molecule has 2 aromatic carbocycles. The molecular formula is C21H21N5O5S. The van der Waals surface area contributed by atoms with E-state index in [1.165, 1.54) is 6.33 Å². The molecule has 0 saturated heterocycles. The van der Waals surface area contributed by atoms with Gasteiger partial charge in [-0.25, -0.2) is 15.1 Å². The van der Waals surface area contributed by atoms with E-state index in [2.05, 4.69) is 19.1 Å². The summed E-state index contributed by atoms with van der Waals surface area (Å²) in [6, 6.07) is 14.0. The van der Waals surface area contributed by atoms with Crippen molar-refractivity contribution in [3.63, 3.8) is 0 Å². The lowest BCUT2D eigenvalue weighted by molar-refractivity contribution is 0.0986. The Morgan fingerprint density at radius 1 is 1.12 bits per heavy atom. The lowest BCUT2D eigenvalue weighted by Crippen LogP contribution is -2.24. The molecule has 2 aromatic heterocycles. The molecule has 0 unspecified atom stereocenters. The van der Waals surface area contributed by atoms with Crippen LogP contribution in [0.2, 0.25) is 0 Å².